The molecule has 2 aromatic rings. The van der Waals surface area contributed by atoms with Gasteiger partial charge in [0.15, 0.2) is 4.32 Å². The summed E-state index contributed by atoms with van der Waals surface area (Å²) >= 11 is 6.58. The van der Waals surface area contributed by atoms with Crippen LogP contribution in [0.4, 0.5) is 5.69 Å². The van der Waals surface area contributed by atoms with Crippen molar-refractivity contribution in [1.29, 1.82) is 0 Å². The first-order chi connectivity index (χ1) is 11.5. The highest BCUT2D eigenvalue weighted by atomic mass is 32.2. The molecule has 120 valence electrons. The van der Waals surface area contributed by atoms with Crippen molar-refractivity contribution >= 4 is 51.9 Å². The number of aromatic carboxylic acids is 1. The smallest absolute Gasteiger partial charge is 0.335 e. The summed E-state index contributed by atoms with van der Waals surface area (Å²) in [6, 6.07) is 14.0. The topological polar surface area (TPSA) is 57.6 Å². The number of benzene rings is 2. The number of anilines is 1. The number of amides is 1. The van der Waals surface area contributed by atoms with Gasteiger partial charge in [0.05, 0.1) is 16.2 Å². The predicted octanol–water partition coefficient (Wildman–Crippen LogP) is 4.10. The highest BCUT2D eigenvalue weighted by Gasteiger charge is 2.33. The molecule has 1 aliphatic heterocycles. The highest BCUT2D eigenvalue weighted by molar-refractivity contribution is 8.27. The van der Waals surface area contributed by atoms with E-state index in [1.807, 2.05) is 31.2 Å². The number of carboxylic acid groups (broad SMARTS) is 1. The van der Waals surface area contributed by atoms with Crippen molar-refractivity contribution in [3.8, 4) is 0 Å². The number of carbonyl (C=O) groups excluding carboxylic acids is 1. The number of rotatable bonds is 3. The van der Waals surface area contributed by atoms with Crippen molar-refractivity contribution in [2.75, 3.05) is 4.90 Å². The summed E-state index contributed by atoms with van der Waals surface area (Å²) < 4.78 is 0.485. The lowest BCUT2D eigenvalue weighted by Crippen LogP contribution is -2.27. The van der Waals surface area contributed by atoms with Gasteiger partial charge in [0.25, 0.3) is 5.91 Å². The molecule has 6 heteroatoms. The van der Waals surface area contributed by atoms with Crippen LogP contribution in [0.15, 0.2) is 53.4 Å². The van der Waals surface area contributed by atoms with Crippen LogP contribution in [-0.2, 0) is 4.79 Å². The van der Waals surface area contributed by atoms with Crippen LogP contribution in [0, 0.1) is 6.92 Å². The lowest BCUT2D eigenvalue weighted by atomic mass is 10.1. The Labute approximate surface area is 148 Å². The van der Waals surface area contributed by atoms with Crippen LogP contribution < -0.4 is 4.90 Å². The first kappa shape index (κ1) is 16.4. The van der Waals surface area contributed by atoms with Gasteiger partial charge >= 0.3 is 5.97 Å². The largest absolute Gasteiger partial charge is 0.478 e. The lowest BCUT2D eigenvalue weighted by molar-refractivity contribution is -0.113. The Bertz CT molecular complexity index is 872. The summed E-state index contributed by atoms with van der Waals surface area (Å²) in [5, 5.41) is 8.92. The molecule has 3 rings (SSSR count). The quantitative estimate of drug-likeness (QED) is 0.663. The molecule has 0 aliphatic carbocycles. The maximum Gasteiger partial charge on any atom is 0.335 e. The first-order valence-corrected chi connectivity index (χ1v) is 8.36. The summed E-state index contributed by atoms with van der Waals surface area (Å²) in [5.74, 6) is -1.15. The van der Waals surface area contributed by atoms with Crippen LogP contribution in [0.3, 0.4) is 0 Å². The number of thiocarbonyl (C=S) groups is 1. The van der Waals surface area contributed by atoms with Gasteiger partial charge in [-0.2, -0.15) is 0 Å². The number of nitrogens with zero attached hydrogens (tertiary/aromatic N) is 1. The van der Waals surface area contributed by atoms with E-state index in [-0.39, 0.29) is 11.5 Å². The second-order valence-corrected chi connectivity index (χ2v) is 6.96. The van der Waals surface area contributed by atoms with Crippen LogP contribution in [-0.4, -0.2) is 21.3 Å². The normalized spacial score (nSPS) is 16.0. The monoisotopic (exact) mass is 355 g/mol. The molecule has 0 saturated carbocycles. The number of hydrogen-bond donors (Lipinski definition) is 1. The molecule has 1 aliphatic rings. The fourth-order valence-electron chi connectivity index (χ4n) is 2.33. The number of hydrogen-bond acceptors (Lipinski definition) is 4. The maximum absolute atomic E-state index is 12.7. The minimum absolute atomic E-state index is 0.169. The zero-order valence-electron chi connectivity index (χ0n) is 12.7. The lowest BCUT2D eigenvalue weighted by Gasteiger charge is -2.14. The molecule has 0 atom stereocenters. The molecule has 24 heavy (non-hydrogen) atoms. The molecule has 0 unspecified atom stereocenters. The molecule has 0 bridgehead atoms. The van der Waals surface area contributed by atoms with Gasteiger partial charge in [0.1, 0.15) is 0 Å². The average molecular weight is 355 g/mol. The van der Waals surface area contributed by atoms with Crippen LogP contribution in [0.1, 0.15) is 21.5 Å². The third-order valence-corrected chi connectivity index (χ3v) is 4.81. The summed E-state index contributed by atoms with van der Waals surface area (Å²) in [6.45, 7) is 1.96. The second-order valence-electron chi connectivity index (χ2n) is 5.28. The number of carbonyl (C=O) groups is 2. The first-order valence-electron chi connectivity index (χ1n) is 7.14. The van der Waals surface area contributed by atoms with Gasteiger partial charge in [-0.15, -0.1) is 0 Å². The molecular weight excluding hydrogens is 342 g/mol. The van der Waals surface area contributed by atoms with Crippen molar-refractivity contribution in [2.45, 2.75) is 6.92 Å². The number of thioether (sulfide) groups is 1. The van der Waals surface area contributed by atoms with E-state index < -0.39 is 5.97 Å². The van der Waals surface area contributed by atoms with Gasteiger partial charge < -0.3 is 5.11 Å². The van der Waals surface area contributed by atoms with Gasteiger partial charge in [0.2, 0.25) is 0 Å². The van der Waals surface area contributed by atoms with E-state index in [1.54, 1.807) is 18.2 Å². The summed E-state index contributed by atoms with van der Waals surface area (Å²) in [5.41, 5.74) is 2.76. The van der Waals surface area contributed by atoms with E-state index in [4.69, 9.17) is 17.3 Å². The van der Waals surface area contributed by atoms with Crippen LogP contribution in [0.25, 0.3) is 6.08 Å². The molecule has 0 spiro atoms. The summed E-state index contributed by atoms with van der Waals surface area (Å²) in [7, 11) is 0. The number of aryl methyl sites for hydroxylation is 1. The summed E-state index contributed by atoms with van der Waals surface area (Å²) in [6.07, 6.45) is 1.72. The average Bonchev–Trinajstić information content (AvgIpc) is 2.82. The molecule has 2 aromatic carbocycles. The SMILES string of the molecule is Cc1cccc(N2C(=O)C(=Cc3ccc(C(=O)O)cc3)SC2=S)c1. The Morgan fingerprint density at radius 2 is 1.92 bits per heavy atom. The van der Waals surface area contributed by atoms with E-state index >= 15 is 0 Å². The van der Waals surface area contributed by atoms with Crippen LogP contribution in [0.2, 0.25) is 0 Å². The van der Waals surface area contributed by atoms with Crippen molar-refractivity contribution in [1.82, 2.24) is 0 Å². The van der Waals surface area contributed by atoms with E-state index in [0.717, 1.165) is 16.8 Å². The number of carboxylic acids is 1. The fraction of sp³-hybridized carbons (Fsp3) is 0.0556. The molecule has 1 N–H and O–H groups in total. The van der Waals surface area contributed by atoms with Gasteiger partial charge in [0, 0.05) is 0 Å². The molecule has 0 radical (unpaired) electrons. The molecule has 0 aromatic heterocycles. The third kappa shape index (κ3) is 3.25. The Balaban J connectivity index is 1.89. The maximum atomic E-state index is 12.7. The Morgan fingerprint density at radius 1 is 1.21 bits per heavy atom. The van der Waals surface area contributed by atoms with Crippen LogP contribution in [0.5, 0.6) is 0 Å². The summed E-state index contributed by atoms with van der Waals surface area (Å²) in [4.78, 5) is 25.6. The van der Waals surface area contributed by atoms with Crippen molar-refractivity contribution in [3.63, 3.8) is 0 Å². The molecule has 1 saturated heterocycles. The Hall–Kier alpha value is -2.44. The van der Waals surface area contributed by atoms with Gasteiger partial charge in [-0.25, -0.2) is 4.79 Å². The van der Waals surface area contributed by atoms with Gasteiger partial charge in [-0.3, -0.25) is 9.69 Å². The van der Waals surface area contributed by atoms with E-state index in [9.17, 15) is 9.59 Å². The van der Waals surface area contributed by atoms with E-state index in [0.29, 0.717) is 9.23 Å². The molecular formula is C18H13NO3S2. The van der Waals surface area contributed by atoms with Crippen molar-refractivity contribution in [2.24, 2.45) is 0 Å². The zero-order chi connectivity index (χ0) is 17.3. The van der Waals surface area contributed by atoms with Crippen molar-refractivity contribution in [3.05, 3.63) is 70.1 Å². The molecule has 1 fully saturated rings. The standard InChI is InChI=1S/C18H13NO3S2/c1-11-3-2-4-14(9-11)19-16(20)15(24-18(19)23)10-12-5-7-13(8-6-12)17(21)22/h2-10H,1H3,(H,21,22). The van der Waals surface area contributed by atoms with E-state index in [2.05, 4.69) is 0 Å². The third-order valence-electron chi connectivity index (χ3n) is 3.51. The minimum atomic E-state index is -0.979. The van der Waals surface area contributed by atoms with Gasteiger partial charge in [-0.05, 0) is 48.4 Å². The van der Waals surface area contributed by atoms with E-state index in [1.165, 1.54) is 28.8 Å². The second kappa shape index (κ2) is 6.59. The molecule has 1 heterocycles. The Kier molecular flexibility index (Phi) is 4.51. The molecule has 4 nitrogen and oxygen atoms in total. The fourth-order valence-corrected chi connectivity index (χ4v) is 3.63. The zero-order valence-corrected chi connectivity index (χ0v) is 14.4. The predicted molar refractivity (Wildman–Crippen MR) is 100 cm³/mol. The van der Waals surface area contributed by atoms with Gasteiger partial charge in [-0.1, -0.05) is 48.2 Å². The van der Waals surface area contributed by atoms with Crippen LogP contribution >= 0.6 is 24.0 Å². The van der Waals surface area contributed by atoms with Crippen molar-refractivity contribution < 1.29 is 14.7 Å². The molecule has 1 amide bonds. The highest BCUT2D eigenvalue weighted by Crippen LogP contribution is 2.36. The Morgan fingerprint density at radius 3 is 2.54 bits per heavy atom. The minimum Gasteiger partial charge on any atom is -0.478 e.